The number of hydrogen-bond acceptors (Lipinski definition) is 2. The maximum Gasteiger partial charge on any atom is 0.128 e. The summed E-state index contributed by atoms with van der Waals surface area (Å²) in [6.45, 7) is 3.15. The summed E-state index contributed by atoms with van der Waals surface area (Å²) < 4.78 is 29.0. The minimum Gasteiger partial charge on any atom is -0.296 e. The molecule has 1 saturated heterocycles. The normalized spacial score (nSPS) is 24.0. The van der Waals surface area contributed by atoms with Crippen molar-refractivity contribution in [3.05, 3.63) is 59.9 Å². The van der Waals surface area contributed by atoms with E-state index in [0.29, 0.717) is 25.1 Å². The van der Waals surface area contributed by atoms with Crippen LogP contribution in [-0.4, -0.2) is 24.2 Å². The molecule has 0 saturated carbocycles. The second-order valence-corrected chi connectivity index (χ2v) is 7.11. The van der Waals surface area contributed by atoms with Crippen LogP contribution in [-0.2, 0) is 6.54 Å². The molecule has 1 aliphatic heterocycles. The third-order valence-electron chi connectivity index (χ3n) is 5.21. The molecule has 0 bridgehead atoms. The van der Waals surface area contributed by atoms with E-state index in [0.717, 1.165) is 11.1 Å². The minimum atomic E-state index is -1.06. The Hall–Kier alpha value is -2.25. The van der Waals surface area contributed by atoms with Crippen LogP contribution in [0, 0.1) is 22.6 Å². The van der Waals surface area contributed by atoms with Crippen molar-refractivity contribution in [1.29, 1.82) is 5.26 Å². The number of alkyl halides is 1. The van der Waals surface area contributed by atoms with Crippen LogP contribution in [0.2, 0.25) is 0 Å². The Morgan fingerprint density at radius 3 is 2.60 bits per heavy atom. The van der Waals surface area contributed by atoms with E-state index in [-0.39, 0.29) is 18.8 Å². The molecule has 3 rings (SSSR count). The first-order valence-electron chi connectivity index (χ1n) is 8.59. The van der Waals surface area contributed by atoms with Crippen molar-refractivity contribution >= 4 is 0 Å². The molecule has 2 atom stereocenters. The number of nitrogens with zero attached hydrogens (tertiary/aromatic N) is 2. The fourth-order valence-corrected chi connectivity index (χ4v) is 3.36. The van der Waals surface area contributed by atoms with Gasteiger partial charge in [-0.15, -0.1) is 0 Å². The van der Waals surface area contributed by atoms with Crippen LogP contribution in [0.1, 0.15) is 25.3 Å². The van der Waals surface area contributed by atoms with E-state index in [9.17, 15) is 8.78 Å². The van der Waals surface area contributed by atoms with Crippen molar-refractivity contribution in [3.8, 4) is 17.2 Å². The van der Waals surface area contributed by atoms with Crippen LogP contribution in [0.5, 0.6) is 0 Å². The van der Waals surface area contributed by atoms with Crippen molar-refractivity contribution in [1.82, 2.24) is 4.90 Å². The molecule has 1 heterocycles. The fourth-order valence-electron chi connectivity index (χ4n) is 3.36. The summed E-state index contributed by atoms with van der Waals surface area (Å²) in [4.78, 5) is 1.93. The summed E-state index contributed by atoms with van der Waals surface area (Å²) in [5, 5.41) is 8.88. The Bertz CT molecular complexity index is 769. The molecule has 4 heteroatoms. The van der Waals surface area contributed by atoms with Gasteiger partial charge in [0.2, 0.25) is 0 Å². The van der Waals surface area contributed by atoms with E-state index in [2.05, 4.69) is 6.07 Å². The van der Waals surface area contributed by atoms with Crippen LogP contribution in [0.25, 0.3) is 11.1 Å². The SMILES string of the molecule is CC1(CC#N)CCN(Cc2ccc(-c3ccccc3)cc2F)CC1F. The molecular weight excluding hydrogens is 318 g/mol. The second kappa shape index (κ2) is 7.33. The molecule has 25 heavy (non-hydrogen) atoms. The molecule has 1 aliphatic rings. The van der Waals surface area contributed by atoms with Gasteiger partial charge in [-0.25, -0.2) is 8.78 Å². The summed E-state index contributed by atoms with van der Waals surface area (Å²) in [5.41, 5.74) is 1.81. The first-order valence-corrected chi connectivity index (χ1v) is 8.59. The standard InChI is InChI=1S/C21H22F2N2/c1-21(9-11-24)10-12-25(15-20(21)23)14-18-8-7-17(13-19(18)22)16-5-3-2-4-6-16/h2-8,13,20H,9-10,12,14-15H2,1H3. The molecule has 2 unspecified atom stereocenters. The van der Waals surface area contributed by atoms with E-state index in [1.807, 2.05) is 48.2 Å². The summed E-state index contributed by atoms with van der Waals surface area (Å²) in [5.74, 6) is -0.262. The second-order valence-electron chi connectivity index (χ2n) is 7.11. The van der Waals surface area contributed by atoms with Crippen LogP contribution >= 0.6 is 0 Å². The van der Waals surface area contributed by atoms with Gasteiger partial charge in [0, 0.05) is 30.5 Å². The molecule has 0 aromatic heterocycles. The molecular formula is C21H22F2N2. The number of rotatable bonds is 4. The zero-order valence-corrected chi connectivity index (χ0v) is 14.4. The molecule has 2 aromatic rings. The van der Waals surface area contributed by atoms with Gasteiger partial charge in [0.15, 0.2) is 0 Å². The molecule has 0 aliphatic carbocycles. The maximum absolute atomic E-state index is 14.5. The maximum atomic E-state index is 14.5. The van der Waals surface area contributed by atoms with Gasteiger partial charge in [-0.05, 0) is 30.2 Å². The highest BCUT2D eigenvalue weighted by atomic mass is 19.1. The van der Waals surface area contributed by atoms with E-state index < -0.39 is 11.6 Å². The molecule has 0 N–H and O–H groups in total. The number of halogens is 2. The summed E-state index contributed by atoms with van der Waals surface area (Å²) in [6, 6.07) is 17.0. The summed E-state index contributed by atoms with van der Waals surface area (Å²) in [7, 11) is 0. The Kier molecular flexibility index (Phi) is 5.15. The Morgan fingerprint density at radius 2 is 1.96 bits per heavy atom. The number of hydrogen-bond donors (Lipinski definition) is 0. The highest BCUT2D eigenvalue weighted by molar-refractivity contribution is 5.63. The highest BCUT2D eigenvalue weighted by Gasteiger charge is 2.39. The van der Waals surface area contributed by atoms with Crippen LogP contribution in [0.4, 0.5) is 8.78 Å². The topological polar surface area (TPSA) is 27.0 Å². The first kappa shape index (κ1) is 17.6. The van der Waals surface area contributed by atoms with Crippen LogP contribution in [0.15, 0.2) is 48.5 Å². The molecule has 1 fully saturated rings. The van der Waals surface area contributed by atoms with Crippen LogP contribution in [0.3, 0.4) is 0 Å². The quantitative estimate of drug-likeness (QED) is 0.787. The van der Waals surface area contributed by atoms with Crippen molar-refractivity contribution in [2.24, 2.45) is 5.41 Å². The Balaban J connectivity index is 1.69. The number of benzene rings is 2. The lowest BCUT2D eigenvalue weighted by molar-refractivity contribution is 0.0182. The van der Waals surface area contributed by atoms with Gasteiger partial charge >= 0.3 is 0 Å². The fraction of sp³-hybridized carbons (Fsp3) is 0.381. The van der Waals surface area contributed by atoms with Gasteiger partial charge < -0.3 is 0 Å². The largest absolute Gasteiger partial charge is 0.296 e. The highest BCUT2D eigenvalue weighted by Crippen LogP contribution is 2.37. The van der Waals surface area contributed by atoms with Gasteiger partial charge in [0.25, 0.3) is 0 Å². The number of nitriles is 1. The van der Waals surface area contributed by atoms with E-state index in [1.165, 1.54) is 0 Å². The lowest BCUT2D eigenvalue weighted by atomic mass is 9.76. The molecule has 130 valence electrons. The number of piperidine rings is 1. The lowest BCUT2D eigenvalue weighted by Gasteiger charge is -2.41. The smallest absolute Gasteiger partial charge is 0.128 e. The first-order chi connectivity index (χ1) is 12.0. The molecule has 0 spiro atoms. The Morgan fingerprint density at radius 1 is 1.20 bits per heavy atom. The average molecular weight is 340 g/mol. The molecule has 0 amide bonds. The Labute approximate surface area is 147 Å². The lowest BCUT2D eigenvalue weighted by Crippen LogP contribution is -2.47. The average Bonchev–Trinajstić information content (AvgIpc) is 2.61. The van der Waals surface area contributed by atoms with Gasteiger partial charge in [-0.3, -0.25) is 4.90 Å². The number of likely N-dealkylation sites (tertiary alicyclic amines) is 1. The van der Waals surface area contributed by atoms with Crippen molar-refractivity contribution in [2.75, 3.05) is 13.1 Å². The summed E-state index contributed by atoms with van der Waals surface area (Å²) in [6.07, 6.45) is -0.222. The predicted molar refractivity (Wildman–Crippen MR) is 95.0 cm³/mol. The van der Waals surface area contributed by atoms with Gasteiger partial charge in [-0.1, -0.05) is 49.4 Å². The molecule has 2 aromatic carbocycles. The van der Waals surface area contributed by atoms with E-state index in [4.69, 9.17) is 5.26 Å². The third-order valence-corrected chi connectivity index (χ3v) is 5.21. The summed E-state index contributed by atoms with van der Waals surface area (Å²) >= 11 is 0. The third kappa shape index (κ3) is 3.88. The van der Waals surface area contributed by atoms with E-state index in [1.54, 1.807) is 12.1 Å². The van der Waals surface area contributed by atoms with Gasteiger partial charge in [-0.2, -0.15) is 5.26 Å². The van der Waals surface area contributed by atoms with Crippen molar-refractivity contribution < 1.29 is 8.78 Å². The van der Waals surface area contributed by atoms with Crippen LogP contribution < -0.4 is 0 Å². The molecule has 2 nitrogen and oxygen atoms in total. The zero-order chi connectivity index (χ0) is 17.9. The van der Waals surface area contributed by atoms with Gasteiger partial charge in [0.05, 0.1) is 6.07 Å². The predicted octanol–water partition coefficient (Wildman–Crippen LogP) is 4.96. The van der Waals surface area contributed by atoms with E-state index >= 15 is 0 Å². The molecule has 0 radical (unpaired) electrons. The zero-order valence-electron chi connectivity index (χ0n) is 14.4. The van der Waals surface area contributed by atoms with Gasteiger partial charge in [0.1, 0.15) is 12.0 Å². The minimum absolute atomic E-state index is 0.224. The van der Waals surface area contributed by atoms with Crippen molar-refractivity contribution in [2.45, 2.75) is 32.5 Å². The monoisotopic (exact) mass is 340 g/mol. The van der Waals surface area contributed by atoms with Crippen molar-refractivity contribution in [3.63, 3.8) is 0 Å².